The molecule has 114 valence electrons. The van der Waals surface area contributed by atoms with E-state index in [1.807, 2.05) is 24.3 Å². The van der Waals surface area contributed by atoms with E-state index in [1.165, 1.54) is 0 Å². The van der Waals surface area contributed by atoms with Gasteiger partial charge in [0.05, 0.1) is 12.2 Å². The van der Waals surface area contributed by atoms with Gasteiger partial charge in [-0.05, 0) is 25.3 Å². The number of carbonyl (C=O) groups is 1. The summed E-state index contributed by atoms with van der Waals surface area (Å²) in [5, 5.41) is 20.8. The molecule has 1 saturated carbocycles. The SMILES string of the molecule is O=C(O)C1(CC2(O)CCCCC2)CCOc2ccccc21. The molecule has 0 spiro atoms. The predicted octanol–water partition coefficient (Wildman–Crippen LogP) is 2.88. The van der Waals surface area contributed by atoms with Gasteiger partial charge >= 0.3 is 5.97 Å². The topological polar surface area (TPSA) is 66.8 Å². The van der Waals surface area contributed by atoms with E-state index in [2.05, 4.69) is 0 Å². The summed E-state index contributed by atoms with van der Waals surface area (Å²) in [5.41, 5.74) is -1.18. The van der Waals surface area contributed by atoms with Crippen LogP contribution >= 0.6 is 0 Å². The standard InChI is InChI=1S/C17H22O4/c18-15(19)17(12-16(20)8-4-1-5-9-16)10-11-21-14-7-3-2-6-13(14)17/h2-3,6-7,20H,1,4-5,8-12H2,(H,18,19). The molecule has 1 aromatic carbocycles. The van der Waals surface area contributed by atoms with Gasteiger partial charge in [0.25, 0.3) is 0 Å². The van der Waals surface area contributed by atoms with Crippen LogP contribution < -0.4 is 4.74 Å². The molecule has 1 aliphatic heterocycles. The Kier molecular flexibility index (Phi) is 3.66. The first kappa shape index (κ1) is 14.4. The highest BCUT2D eigenvalue weighted by molar-refractivity contribution is 5.83. The molecular formula is C17H22O4. The summed E-state index contributed by atoms with van der Waals surface area (Å²) in [6, 6.07) is 7.34. The van der Waals surface area contributed by atoms with Crippen molar-refractivity contribution in [3.8, 4) is 5.75 Å². The monoisotopic (exact) mass is 290 g/mol. The van der Waals surface area contributed by atoms with Crippen LogP contribution in [0.3, 0.4) is 0 Å². The van der Waals surface area contributed by atoms with Gasteiger partial charge in [-0.1, -0.05) is 37.5 Å². The van der Waals surface area contributed by atoms with E-state index in [4.69, 9.17) is 4.74 Å². The maximum Gasteiger partial charge on any atom is 0.314 e. The van der Waals surface area contributed by atoms with Crippen LogP contribution in [0.4, 0.5) is 0 Å². The van der Waals surface area contributed by atoms with E-state index >= 15 is 0 Å². The largest absolute Gasteiger partial charge is 0.493 e. The Morgan fingerprint density at radius 3 is 2.57 bits per heavy atom. The zero-order valence-electron chi connectivity index (χ0n) is 12.2. The van der Waals surface area contributed by atoms with Crippen molar-refractivity contribution in [2.45, 2.75) is 56.0 Å². The van der Waals surface area contributed by atoms with Gasteiger partial charge in [0.15, 0.2) is 0 Å². The molecule has 1 atom stereocenters. The number of para-hydroxylation sites is 1. The molecular weight excluding hydrogens is 268 g/mol. The van der Waals surface area contributed by atoms with Crippen molar-refractivity contribution in [3.63, 3.8) is 0 Å². The minimum absolute atomic E-state index is 0.287. The number of fused-ring (bicyclic) bond motifs is 1. The van der Waals surface area contributed by atoms with Crippen molar-refractivity contribution in [2.75, 3.05) is 6.61 Å². The van der Waals surface area contributed by atoms with Gasteiger partial charge in [0, 0.05) is 12.0 Å². The smallest absolute Gasteiger partial charge is 0.314 e. The summed E-state index contributed by atoms with van der Waals surface area (Å²) >= 11 is 0. The van der Waals surface area contributed by atoms with Crippen molar-refractivity contribution in [1.29, 1.82) is 0 Å². The lowest BCUT2D eigenvalue weighted by Gasteiger charge is -2.42. The zero-order chi connectivity index (χ0) is 14.9. The highest BCUT2D eigenvalue weighted by Crippen LogP contribution is 2.47. The lowest BCUT2D eigenvalue weighted by Crippen LogP contribution is -2.48. The average Bonchev–Trinajstić information content (AvgIpc) is 2.48. The Hall–Kier alpha value is -1.55. The van der Waals surface area contributed by atoms with E-state index in [1.54, 1.807) is 0 Å². The van der Waals surface area contributed by atoms with Crippen molar-refractivity contribution >= 4 is 5.97 Å². The van der Waals surface area contributed by atoms with Gasteiger partial charge in [0.1, 0.15) is 11.2 Å². The normalized spacial score (nSPS) is 27.5. The number of hydrogen-bond acceptors (Lipinski definition) is 3. The Morgan fingerprint density at radius 2 is 1.86 bits per heavy atom. The van der Waals surface area contributed by atoms with Crippen molar-refractivity contribution < 1.29 is 19.7 Å². The molecule has 0 radical (unpaired) electrons. The molecule has 0 amide bonds. The second-order valence-corrected chi connectivity index (χ2v) is 6.44. The summed E-state index contributed by atoms with van der Waals surface area (Å²) in [4.78, 5) is 12.1. The van der Waals surface area contributed by atoms with Crippen LogP contribution in [0, 0.1) is 0 Å². The number of rotatable bonds is 3. The summed E-state index contributed by atoms with van der Waals surface area (Å²) in [6.07, 6.45) is 5.18. The molecule has 1 heterocycles. The van der Waals surface area contributed by atoms with E-state index in [-0.39, 0.29) is 6.42 Å². The molecule has 2 N–H and O–H groups in total. The van der Waals surface area contributed by atoms with E-state index in [0.29, 0.717) is 37.2 Å². The van der Waals surface area contributed by atoms with E-state index in [0.717, 1.165) is 19.3 Å². The Morgan fingerprint density at radius 1 is 1.14 bits per heavy atom. The molecule has 3 rings (SSSR count). The van der Waals surface area contributed by atoms with Gasteiger partial charge in [0.2, 0.25) is 0 Å². The van der Waals surface area contributed by atoms with Crippen LogP contribution in [0.25, 0.3) is 0 Å². The third-order valence-corrected chi connectivity index (χ3v) is 5.01. The van der Waals surface area contributed by atoms with Crippen LogP contribution in [-0.4, -0.2) is 28.4 Å². The minimum atomic E-state index is -1.03. The molecule has 2 aliphatic rings. The number of ether oxygens (including phenoxy) is 1. The summed E-state index contributed by atoms with van der Waals surface area (Å²) in [7, 11) is 0. The lowest BCUT2D eigenvalue weighted by atomic mass is 9.66. The van der Waals surface area contributed by atoms with Crippen LogP contribution in [0.15, 0.2) is 24.3 Å². The number of carboxylic acid groups (broad SMARTS) is 1. The third kappa shape index (κ3) is 2.53. The van der Waals surface area contributed by atoms with Crippen LogP contribution in [0.5, 0.6) is 5.75 Å². The third-order valence-electron chi connectivity index (χ3n) is 5.01. The second kappa shape index (κ2) is 5.34. The van der Waals surface area contributed by atoms with Gasteiger partial charge in [-0.25, -0.2) is 0 Å². The summed E-state index contributed by atoms with van der Waals surface area (Å²) < 4.78 is 5.61. The molecule has 0 saturated heterocycles. The molecule has 4 nitrogen and oxygen atoms in total. The molecule has 0 bridgehead atoms. The number of aliphatic hydroxyl groups is 1. The van der Waals surface area contributed by atoms with Gasteiger partial charge in [-0.15, -0.1) is 0 Å². The van der Waals surface area contributed by atoms with E-state index in [9.17, 15) is 15.0 Å². The number of aliphatic carboxylic acids is 1. The van der Waals surface area contributed by atoms with Gasteiger partial charge in [-0.2, -0.15) is 0 Å². The fourth-order valence-corrected chi connectivity index (χ4v) is 3.89. The Labute approximate surface area is 124 Å². The first-order valence-electron chi connectivity index (χ1n) is 7.74. The summed E-state index contributed by atoms with van der Waals surface area (Å²) in [6.45, 7) is 0.388. The van der Waals surface area contributed by atoms with Crippen molar-refractivity contribution in [1.82, 2.24) is 0 Å². The maximum absolute atomic E-state index is 12.1. The van der Waals surface area contributed by atoms with Crippen LogP contribution in [0.2, 0.25) is 0 Å². The van der Waals surface area contributed by atoms with Crippen molar-refractivity contribution in [2.24, 2.45) is 0 Å². The average molecular weight is 290 g/mol. The molecule has 1 unspecified atom stereocenters. The highest BCUT2D eigenvalue weighted by Gasteiger charge is 2.50. The van der Waals surface area contributed by atoms with Gasteiger partial charge in [-0.3, -0.25) is 4.79 Å². The lowest BCUT2D eigenvalue weighted by molar-refractivity contribution is -0.149. The number of carboxylic acids is 1. The number of benzene rings is 1. The highest BCUT2D eigenvalue weighted by atomic mass is 16.5. The van der Waals surface area contributed by atoms with Crippen LogP contribution in [0.1, 0.15) is 50.5 Å². The molecule has 4 heteroatoms. The summed E-state index contributed by atoms with van der Waals surface area (Å²) in [5.74, 6) is -0.206. The second-order valence-electron chi connectivity index (χ2n) is 6.44. The quantitative estimate of drug-likeness (QED) is 0.898. The molecule has 0 aromatic heterocycles. The maximum atomic E-state index is 12.1. The molecule has 1 aliphatic carbocycles. The fourth-order valence-electron chi connectivity index (χ4n) is 3.89. The van der Waals surface area contributed by atoms with Crippen LogP contribution in [-0.2, 0) is 10.2 Å². The first-order valence-corrected chi connectivity index (χ1v) is 7.74. The minimum Gasteiger partial charge on any atom is -0.493 e. The zero-order valence-corrected chi connectivity index (χ0v) is 12.2. The van der Waals surface area contributed by atoms with Crippen molar-refractivity contribution in [3.05, 3.63) is 29.8 Å². The Bertz CT molecular complexity index is 533. The molecule has 1 aromatic rings. The predicted molar refractivity (Wildman–Crippen MR) is 78.5 cm³/mol. The van der Waals surface area contributed by atoms with E-state index < -0.39 is 17.0 Å². The number of hydrogen-bond donors (Lipinski definition) is 2. The fraction of sp³-hybridized carbons (Fsp3) is 0.588. The molecule has 1 fully saturated rings. The first-order chi connectivity index (χ1) is 10.1. The molecule has 21 heavy (non-hydrogen) atoms. The Balaban J connectivity index is 2.00. The van der Waals surface area contributed by atoms with Gasteiger partial charge < -0.3 is 14.9 Å².